The van der Waals surface area contributed by atoms with Gasteiger partial charge in [-0.05, 0) is 51.7 Å². The van der Waals surface area contributed by atoms with Crippen LogP contribution in [-0.2, 0) is 9.59 Å². The summed E-state index contributed by atoms with van der Waals surface area (Å²) in [4.78, 5) is 37.6. The highest BCUT2D eigenvalue weighted by atomic mass is 16.3. The summed E-state index contributed by atoms with van der Waals surface area (Å²) in [6, 6.07) is 2.78. The Morgan fingerprint density at radius 1 is 1.48 bits per heavy atom. The van der Waals surface area contributed by atoms with E-state index in [0.717, 1.165) is 23.5 Å². The second-order valence-electron chi connectivity index (χ2n) is 6.54. The molecule has 2 heterocycles. The molecule has 23 heavy (non-hydrogen) atoms. The van der Waals surface area contributed by atoms with Gasteiger partial charge in [-0.2, -0.15) is 0 Å². The first kappa shape index (κ1) is 15.6. The second-order valence-corrected chi connectivity index (χ2v) is 6.54. The maximum absolute atomic E-state index is 12.5. The van der Waals surface area contributed by atoms with E-state index in [2.05, 4.69) is 10.6 Å². The van der Waals surface area contributed by atoms with Crippen LogP contribution in [0.3, 0.4) is 0 Å². The van der Waals surface area contributed by atoms with Gasteiger partial charge in [0.1, 0.15) is 23.6 Å². The zero-order valence-electron chi connectivity index (χ0n) is 13.5. The second kappa shape index (κ2) is 5.40. The molecule has 0 bridgehead atoms. The Morgan fingerprint density at radius 3 is 2.74 bits per heavy atom. The Hall–Kier alpha value is -2.31. The minimum atomic E-state index is -0.860. The van der Waals surface area contributed by atoms with Crippen LogP contribution >= 0.6 is 0 Å². The predicted octanol–water partition coefficient (Wildman–Crippen LogP) is 1.49. The Kier molecular flexibility index (Phi) is 3.66. The maximum atomic E-state index is 12.5. The third-order valence-electron chi connectivity index (χ3n) is 4.56. The van der Waals surface area contributed by atoms with Crippen LogP contribution in [0.2, 0.25) is 0 Å². The minimum Gasteiger partial charge on any atom is -0.464 e. The number of nitrogens with one attached hydrogen (secondary N) is 2. The number of furan rings is 1. The molecule has 1 aromatic rings. The van der Waals surface area contributed by atoms with E-state index < -0.39 is 17.5 Å². The van der Waals surface area contributed by atoms with Crippen LogP contribution in [0, 0.1) is 12.8 Å². The fourth-order valence-electron chi connectivity index (χ4n) is 2.98. The van der Waals surface area contributed by atoms with Crippen molar-refractivity contribution in [2.45, 2.75) is 45.2 Å². The summed E-state index contributed by atoms with van der Waals surface area (Å²) in [6.45, 7) is 5.06. The summed E-state index contributed by atoms with van der Waals surface area (Å²) in [5.74, 6) is 0.861. The van der Waals surface area contributed by atoms with Crippen molar-refractivity contribution < 1.29 is 18.8 Å². The largest absolute Gasteiger partial charge is 0.464 e. The van der Waals surface area contributed by atoms with E-state index in [1.54, 1.807) is 19.9 Å². The monoisotopic (exact) mass is 319 g/mol. The third kappa shape index (κ3) is 2.83. The summed E-state index contributed by atoms with van der Waals surface area (Å²) in [7, 11) is 0. The molecule has 1 saturated carbocycles. The fraction of sp³-hybridized carbons (Fsp3) is 0.562. The van der Waals surface area contributed by atoms with Crippen molar-refractivity contribution in [2.24, 2.45) is 5.92 Å². The number of nitrogens with zero attached hydrogens (tertiary/aromatic N) is 1. The Morgan fingerprint density at radius 2 is 2.17 bits per heavy atom. The van der Waals surface area contributed by atoms with Crippen molar-refractivity contribution in [3.8, 4) is 0 Å². The topological polar surface area (TPSA) is 91.7 Å². The Labute approximate surface area is 134 Å². The van der Waals surface area contributed by atoms with E-state index in [-0.39, 0.29) is 24.4 Å². The number of imide groups is 1. The van der Waals surface area contributed by atoms with Gasteiger partial charge < -0.3 is 15.1 Å². The first-order valence-electron chi connectivity index (χ1n) is 7.81. The van der Waals surface area contributed by atoms with Crippen molar-refractivity contribution in [1.29, 1.82) is 0 Å². The van der Waals surface area contributed by atoms with Crippen LogP contribution in [0.15, 0.2) is 16.5 Å². The average molecular weight is 319 g/mol. The van der Waals surface area contributed by atoms with Crippen LogP contribution in [0.5, 0.6) is 0 Å². The molecule has 4 amide bonds. The lowest BCUT2D eigenvalue weighted by Crippen LogP contribution is -2.47. The van der Waals surface area contributed by atoms with Gasteiger partial charge in [-0.3, -0.25) is 14.5 Å². The molecule has 2 fully saturated rings. The molecule has 0 radical (unpaired) electrons. The molecule has 2 atom stereocenters. The van der Waals surface area contributed by atoms with Gasteiger partial charge in [0, 0.05) is 0 Å². The lowest BCUT2D eigenvalue weighted by Gasteiger charge is -2.21. The molecule has 0 spiro atoms. The number of amides is 4. The number of carbonyl (C=O) groups excluding carboxylic acids is 3. The summed E-state index contributed by atoms with van der Waals surface area (Å²) < 4.78 is 5.46. The minimum absolute atomic E-state index is 0.178. The van der Waals surface area contributed by atoms with Crippen LogP contribution in [0.1, 0.15) is 44.3 Å². The lowest BCUT2D eigenvalue weighted by atomic mass is 9.96. The summed E-state index contributed by atoms with van der Waals surface area (Å²) >= 11 is 0. The molecule has 0 unspecified atom stereocenters. The molecule has 1 aromatic heterocycles. The Bertz CT molecular complexity index is 664. The first-order valence-corrected chi connectivity index (χ1v) is 7.81. The highest BCUT2D eigenvalue weighted by molar-refractivity contribution is 6.09. The van der Waals surface area contributed by atoms with E-state index in [4.69, 9.17) is 4.42 Å². The number of hydrogen-bond donors (Lipinski definition) is 2. The van der Waals surface area contributed by atoms with Gasteiger partial charge in [-0.15, -0.1) is 0 Å². The highest BCUT2D eigenvalue weighted by Crippen LogP contribution is 2.42. The zero-order chi connectivity index (χ0) is 16.8. The fourth-order valence-corrected chi connectivity index (χ4v) is 2.98. The zero-order valence-corrected chi connectivity index (χ0v) is 13.5. The van der Waals surface area contributed by atoms with E-state index in [1.807, 2.05) is 13.0 Å². The van der Waals surface area contributed by atoms with Crippen molar-refractivity contribution >= 4 is 17.8 Å². The normalized spacial score (nSPS) is 25.4. The van der Waals surface area contributed by atoms with E-state index >= 15 is 0 Å². The van der Waals surface area contributed by atoms with Gasteiger partial charge in [0.2, 0.25) is 5.91 Å². The van der Waals surface area contributed by atoms with Crippen LogP contribution in [-0.4, -0.2) is 34.8 Å². The summed E-state index contributed by atoms with van der Waals surface area (Å²) in [5.41, 5.74) is -0.860. The van der Waals surface area contributed by atoms with Gasteiger partial charge in [-0.25, -0.2) is 4.79 Å². The molecular formula is C16H21N3O4. The average Bonchev–Trinajstić information content (AvgIpc) is 3.21. The molecule has 2 aliphatic rings. The first-order chi connectivity index (χ1) is 10.8. The SMILES string of the molecule is Cc1ccc([C@@H](C)NC(=O)CN2C(=O)N[C@@](C)(C3CC3)C2=O)o1. The van der Waals surface area contributed by atoms with Crippen molar-refractivity contribution in [3.05, 3.63) is 23.7 Å². The van der Waals surface area contributed by atoms with E-state index in [9.17, 15) is 14.4 Å². The number of rotatable bonds is 5. The number of hydrogen-bond acceptors (Lipinski definition) is 4. The molecule has 7 nitrogen and oxygen atoms in total. The van der Waals surface area contributed by atoms with Crippen LogP contribution in [0.4, 0.5) is 4.79 Å². The smallest absolute Gasteiger partial charge is 0.325 e. The molecule has 124 valence electrons. The molecule has 0 aromatic carbocycles. The number of aryl methyl sites for hydroxylation is 1. The van der Waals surface area contributed by atoms with E-state index in [0.29, 0.717) is 5.76 Å². The molecule has 1 aliphatic heterocycles. The van der Waals surface area contributed by atoms with Crippen molar-refractivity contribution in [1.82, 2.24) is 15.5 Å². The van der Waals surface area contributed by atoms with Gasteiger partial charge in [0.15, 0.2) is 0 Å². The third-order valence-corrected chi connectivity index (χ3v) is 4.56. The van der Waals surface area contributed by atoms with Crippen molar-refractivity contribution in [2.75, 3.05) is 6.54 Å². The van der Waals surface area contributed by atoms with Gasteiger partial charge in [0.25, 0.3) is 5.91 Å². The van der Waals surface area contributed by atoms with Crippen LogP contribution in [0.25, 0.3) is 0 Å². The van der Waals surface area contributed by atoms with E-state index in [1.165, 1.54) is 0 Å². The molecule has 1 saturated heterocycles. The summed E-state index contributed by atoms with van der Waals surface area (Å²) in [6.07, 6.45) is 1.86. The Balaban J connectivity index is 1.61. The van der Waals surface area contributed by atoms with Gasteiger partial charge in [-0.1, -0.05) is 0 Å². The highest BCUT2D eigenvalue weighted by Gasteiger charge is 2.56. The molecule has 1 aliphatic carbocycles. The number of urea groups is 1. The standard InChI is InChI=1S/C16H21N3O4/c1-9-4-7-12(23-9)10(2)17-13(20)8-19-14(21)16(3,11-5-6-11)18-15(19)22/h4,7,10-11H,5-6,8H2,1-3H3,(H,17,20)(H,18,22)/t10-,16+/m1/s1. The number of carbonyl (C=O) groups is 3. The molecule has 7 heteroatoms. The lowest BCUT2D eigenvalue weighted by molar-refractivity contribution is -0.135. The maximum Gasteiger partial charge on any atom is 0.325 e. The van der Waals surface area contributed by atoms with Gasteiger partial charge in [0.05, 0.1) is 6.04 Å². The predicted molar refractivity (Wildman–Crippen MR) is 81.4 cm³/mol. The molecule has 2 N–H and O–H groups in total. The molecular weight excluding hydrogens is 298 g/mol. The van der Waals surface area contributed by atoms with Crippen LogP contribution < -0.4 is 10.6 Å². The quantitative estimate of drug-likeness (QED) is 0.804. The van der Waals surface area contributed by atoms with Crippen molar-refractivity contribution in [3.63, 3.8) is 0 Å². The summed E-state index contributed by atoms with van der Waals surface area (Å²) in [5, 5.41) is 5.47. The molecule has 3 rings (SSSR count). The van der Waals surface area contributed by atoms with Gasteiger partial charge >= 0.3 is 6.03 Å².